The van der Waals surface area contributed by atoms with Crippen LogP contribution >= 0.6 is 23.2 Å². The van der Waals surface area contributed by atoms with E-state index < -0.39 is 12.0 Å². The molecule has 0 aliphatic carbocycles. The van der Waals surface area contributed by atoms with Crippen molar-refractivity contribution in [1.82, 2.24) is 10.4 Å². The minimum atomic E-state index is -0.760. The van der Waals surface area contributed by atoms with Gasteiger partial charge < -0.3 is 4.74 Å². The van der Waals surface area contributed by atoms with Gasteiger partial charge in [0, 0.05) is 23.0 Å². The van der Waals surface area contributed by atoms with Crippen molar-refractivity contribution in [2.45, 2.75) is 13.0 Å². The Morgan fingerprint density at radius 1 is 1.41 bits per heavy atom. The molecule has 0 fully saturated rings. The maximum Gasteiger partial charge on any atom is 0.280 e. The van der Waals surface area contributed by atoms with E-state index in [-0.39, 0.29) is 0 Å². The third-order valence-electron chi connectivity index (χ3n) is 2.64. The average Bonchev–Trinajstić information content (AvgIpc) is 2.51. The number of nitrogens with zero attached hydrogens (tertiary/aromatic N) is 2. The molecule has 0 aliphatic heterocycles. The van der Waals surface area contributed by atoms with E-state index in [0.717, 1.165) is 5.56 Å². The van der Waals surface area contributed by atoms with E-state index >= 15 is 0 Å². The summed E-state index contributed by atoms with van der Waals surface area (Å²) in [4.78, 5) is 15.8. The number of hydrogen-bond donors (Lipinski definition) is 1. The van der Waals surface area contributed by atoms with Crippen molar-refractivity contribution < 1.29 is 9.53 Å². The van der Waals surface area contributed by atoms with Crippen LogP contribution in [0.4, 0.5) is 0 Å². The van der Waals surface area contributed by atoms with Crippen molar-refractivity contribution in [2.75, 3.05) is 0 Å². The van der Waals surface area contributed by atoms with Crippen molar-refractivity contribution >= 4 is 35.3 Å². The van der Waals surface area contributed by atoms with Gasteiger partial charge in [-0.3, -0.25) is 9.78 Å². The summed E-state index contributed by atoms with van der Waals surface area (Å²) in [7, 11) is 0. The van der Waals surface area contributed by atoms with Gasteiger partial charge in [0.2, 0.25) is 0 Å². The number of aromatic nitrogens is 1. The van der Waals surface area contributed by atoms with Crippen LogP contribution in [-0.4, -0.2) is 23.2 Å². The number of halogens is 2. The first kappa shape index (κ1) is 16.3. The molecule has 114 valence electrons. The van der Waals surface area contributed by atoms with E-state index in [9.17, 15) is 4.79 Å². The van der Waals surface area contributed by atoms with Crippen LogP contribution in [0.5, 0.6) is 5.75 Å². The lowest BCUT2D eigenvalue weighted by atomic mass is 10.3. The van der Waals surface area contributed by atoms with E-state index in [4.69, 9.17) is 27.9 Å². The molecule has 7 heteroatoms. The molecule has 2 rings (SSSR count). The third kappa shape index (κ3) is 4.72. The van der Waals surface area contributed by atoms with Gasteiger partial charge in [0.1, 0.15) is 5.75 Å². The van der Waals surface area contributed by atoms with Crippen molar-refractivity contribution in [3.8, 4) is 5.75 Å². The zero-order valence-electron chi connectivity index (χ0n) is 11.7. The van der Waals surface area contributed by atoms with E-state index in [1.165, 1.54) is 6.21 Å². The molecule has 1 amide bonds. The molecule has 1 N–H and O–H groups in total. The summed E-state index contributed by atoms with van der Waals surface area (Å²) >= 11 is 11.8. The Morgan fingerprint density at radius 3 is 2.91 bits per heavy atom. The van der Waals surface area contributed by atoms with Crippen LogP contribution in [0, 0.1) is 0 Å². The minimum absolute atomic E-state index is 0.339. The minimum Gasteiger partial charge on any atom is -0.479 e. The van der Waals surface area contributed by atoms with E-state index in [1.807, 2.05) is 6.07 Å². The molecule has 1 aromatic heterocycles. The number of ether oxygens (including phenoxy) is 1. The summed E-state index contributed by atoms with van der Waals surface area (Å²) < 4.78 is 5.48. The summed E-state index contributed by atoms with van der Waals surface area (Å²) in [6, 6.07) is 8.37. The van der Waals surface area contributed by atoms with Gasteiger partial charge in [0.25, 0.3) is 5.91 Å². The van der Waals surface area contributed by atoms with Gasteiger partial charge in [-0.1, -0.05) is 29.3 Å². The Morgan fingerprint density at radius 2 is 2.23 bits per heavy atom. The SMILES string of the molecule is C[C@@H](Oc1ccc(Cl)cc1Cl)C(=O)N/N=C\c1cccnc1. The van der Waals surface area contributed by atoms with Crippen molar-refractivity contribution in [3.63, 3.8) is 0 Å². The fourth-order valence-corrected chi connectivity index (χ4v) is 1.98. The second-order valence-corrected chi connectivity index (χ2v) is 5.20. The number of nitrogens with one attached hydrogen (secondary N) is 1. The van der Waals surface area contributed by atoms with Crippen molar-refractivity contribution in [2.24, 2.45) is 5.10 Å². The van der Waals surface area contributed by atoms with Gasteiger partial charge in [0.05, 0.1) is 11.2 Å². The summed E-state index contributed by atoms with van der Waals surface area (Å²) in [5.41, 5.74) is 3.17. The van der Waals surface area contributed by atoms with Gasteiger partial charge in [-0.05, 0) is 31.2 Å². The lowest BCUT2D eigenvalue weighted by Crippen LogP contribution is -2.33. The van der Waals surface area contributed by atoms with Gasteiger partial charge in [-0.15, -0.1) is 0 Å². The highest BCUT2D eigenvalue weighted by Gasteiger charge is 2.15. The lowest BCUT2D eigenvalue weighted by Gasteiger charge is -2.14. The van der Waals surface area contributed by atoms with Crippen molar-refractivity contribution in [1.29, 1.82) is 0 Å². The first-order valence-corrected chi connectivity index (χ1v) is 7.16. The fraction of sp³-hybridized carbons (Fsp3) is 0.133. The highest BCUT2D eigenvalue weighted by Crippen LogP contribution is 2.28. The highest BCUT2D eigenvalue weighted by molar-refractivity contribution is 6.35. The average molecular weight is 338 g/mol. The molecule has 0 saturated heterocycles. The second kappa shape index (κ2) is 7.77. The molecule has 0 saturated carbocycles. The van der Waals surface area contributed by atoms with Gasteiger partial charge in [-0.25, -0.2) is 5.43 Å². The van der Waals surface area contributed by atoms with Crippen LogP contribution < -0.4 is 10.2 Å². The summed E-state index contributed by atoms with van der Waals surface area (Å²) in [6.45, 7) is 1.60. The Hall–Kier alpha value is -2.11. The quantitative estimate of drug-likeness (QED) is 0.672. The largest absolute Gasteiger partial charge is 0.479 e. The molecule has 1 atom stereocenters. The molecule has 0 unspecified atom stereocenters. The first-order valence-electron chi connectivity index (χ1n) is 6.41. The predicted octanol–water partition coefficient (Wildman–Crippen LogP) is 3.31. The van der Waals surface area contributed by atoms with Crippen molar-refractivity contribution in [3.05, 3.63) is 58.3 Å². The molecule has 1 aromatic carbocycles. The number of pyridine rings is 1. The smallest absolute Gasteiger partial charge is 0.280 e. The second-order valence-electron chi connectivity index (χ2n) is 4.36. The molecule has 0 aliphatic rings. The lowest BCUT2D eigenvalue weighted by molar-refractivity contribution is -0.127. The van der Waals surface area contributed by atoms with Gasteiger partial charge in [0.15, 0.2) is 6.10 Å². The van der Waals surface area contributed by atoms with Crippen LogP contribution in [0.3, 0.4) is 0 Å². The summed E-state index contributed by atoms with van der Waals surface area (Å²) in [6.07, 6.45) is 4.02. The van der Waals surface area contributed by atoms with E-state index in [1.54, 1.807) is 43.6 Å². The summed E-state index contributed by atoms with van der Waals surface area (Å²) in [5.74, 6) is -0.0175. The molecule has 22 heavy (non-hydrogen) atoms. The number of carbonyl (C=O) groups is 1. The van der Waals surface area contributed by atoms with Gasteiger partial charge >= 0.3 is 0 Å². The number of benzene rings is 1. The number of hydrazone groups is 1. The number of hydrogen-bond acceptors (Lipinski definition) is 4. The van der Waals surface area contributed by atoms with Crippen LogP contribution in [-0.2, 0) is 4.79 Å². The Labute approximate surface area is 137 Å². The Bertz CT molecular complexity index is 678. The highest BCUT2D eigenvalue weighted by atomic mass is 35.5. The first-order chi connectivity index (χ1) is 10.6. The summed E-state index contributed by atoms with van der Waals surface area (Å²) in [5, 5.41) is 4.68. The monoisotopic (exact) mass is 337 g/mol. The number of amides is 1. The Balaban J connectivity index is 1.91. The number of carbonyl (C=O) groups excluding carboxylic acids is 1. The zero-order chi connectivity index (χ0) is 15.9. The van der Waals surface area contributed by atoms with Crippen LogP contribution in [0.25, 0.3) is 0 Å². The van der Waals surface area contributed by atoms with Crippen LogP contribution in [0.1, 0.15) is 12.5 Å². The topological polar surface area (TPSA) is 63.6 Å². The molecule has 1 heterocycles. The van der Waals surface area contributed by atoms with Crippen LogP contribution in [0.2, 0.25) is 10.0 Å². The molecule has 0 spiro atoms. The fourth-order valence-electron chi connectivity index (χ4n) is 1.53. The van der Waals surface area contributed by atoms with Gasteiger partial charge in [-0.2, -0.15) is 5.10 Å². The third-order valence-corrected chi connectivity index (χ3v) is 3.17. The molecular weight excluding hydrogens is 325 g/mol. The molecule has 0 bridgehead atoms. The standard InChI is InChI=1S/C15H13Cl2N3O2/c1-10(22-14-5-4-12(16)7-13(14)17)15(21)20-19-9-11-3-2-6-18-8-11/h2-10H,1H3,(H,20,21)/b19-9-/t10-/m1/s1. The van der Waals surface area contributed by atoms with Crippen LogP contribution in [0.15, 0.2) is 47.8 Å². The van der Waals surface area contributed by atoms with E-state index in [0.29, 0.717) is 15.8 Å². The zero-order valence-corrected chi connectivity index (χ0v) is 13.2. The van der Waals surface area contributed by atoms with E-state index in [2.05, 4.69) is 15.5 Å². The molecule has 0 radical (unpaired) electrons. The maximum absolute atomic E-state index is 11.9. The number of rotatable bonds is 5. The molecular formula is C15H13Cl2N3O2. The predicted molar refractivity (Wildman–Crippen MR) is 86.5 cm³/mol. The molecule has 5 nitrogen and oxygen atoms in total. The maximum atomic E-state index is 11.9. The molecule has 2 aromatic rings. The Kier molecular flexibility index (Phi) is 5.75. The normalized spacial score (nSPS) is 12.1.